The van der Waals surface area contributed by atoms with E-state index in [9.17, 15) is 10.1 Å². The van der Waals surface area contributed by atoms with Gasteiger partial charge in [0.05, 0.1) is 13.0 Å². The third kappa shape index (κ3) is 6.37. The summed E-state index contributed by atoms with van der Waals surface area (Å²) in [6, 6.07) is 25.6. The van der Waals surface area contributed by atoms with Crippen LogP contribution in [0.2, 0.25) is 5.02 Å². The van der Waals surface area contributed by atoms with Gasteiger partial charge >= 0.3 is 5.97 Å². The van der Waals surface area contributed by atoms with Gasteiger partial charge in [0.15, 0.2) is 18.1 Å². The number of methoxy groups -OCH3 is 1. The van der Waals surface area contributed by atoms with Crippen LogP contribution in [0, 0.1) is 25.2 Å². The van der Waals surface area contributed by atoms with Gasteiger partial charge < -0.3 is 29.4 Å². The number of esters is 1. The van der Waals surface area contributed by atoms with Gasteiger partial charge in [0.2, 0.25) is 5.88 Å². The Morgan fingerprint density at radius 1 is 0.977 bits per heavy atom. The van der Waals surface area contributed by atoms with Gasteiger partial charge in [-0.15, -0.1) is 0 Å². The molecule has 1 aliphatic heterocycles. The maximum atomic E-state index is 12.6. The fourth-order valence-corrected chi connectivity index (χ4v) is 4.96. The zero-order valence-corrected chi connectivity index (χ0v) is 24.6. The second-order valence-electron chi connectivity index (χ2n) is 9.88. The fourth-order valence-electron chi connectivity index (χ4n) is 4.77. The molecule has 0 saturated carbocycles. The first-order valence-electron chi connectivity index (χ1n) is 13.4. The highest BCUT2D eigenvalue weighted by molar-refractivity contribution is 6.31. The van der Waals surface area contributed by atoms with Gasteiger partial charge in [0, 0.05) is 22.2 Å². The number of aryl methyl sites for hydroxylation is 1. The molecule has 1 aliphatic rings. The molecule has 0 fully saturated rings. The molecule has 1 atom stereocenters. The van der Waals surface area contributed by atoms with E-state index in [1.54, 1.807) is 49.6 Å². The fraction of sp³-hybridized carbons (Fsp3) is 0.176. The van der Waals surface area contributed by atoms with Crippen molar-refractivity contribution in [3.63, 3.8) is 0 Å². The first-order chi connectivity index (χ1) is 20.8. The Bertz CT molecular complexity index is 1760. The van der Waals surface area contributed by atoms with E-state index in [0.717, 1.165) is 22.3 Å². The van der Waals surface area contributed by atoms with Crippen molar-refractivity contribution in [1.82, 2.24) is 0 Å². The van der Waals surface area contributed by atoms with Crippen LogP contribution >= 0.6 is 11.6 Å². The summed E-state index contributed by atoms with van der Waals surface area (Å²) in [5.74, 6) is 1.04. The number of fused-ring (bicyclic) bond motifs is 1. The van der Waals surface area contributed by atoms with Gasteiger partial charge in [0.1, 0.15) is 35.5 Å². The van der Waals surface area contributed by atoms with Crippen molar-refractivity contribution in [3.05, 3.63) is 123 Å². The molecule has 1 unspecified atom stereocenters. The number of ether oxygens (including phenoxy) is 5. The summed E-state index contributed by atoms with van der Waals surface area (Å²) in [6.07, 6.45) is 0. The van der Waals surface area contributed by atoms with E-state index in [1.807, 2.05) is 50.2 Å². The van der Waals surface area contributed by atoms with Crippen LogP contribution in [0.15, 0.2) is 90.3 Å². The quantitative estimate of drug-likeness (QED) is 0.167. The van der Waals surface area contributed by atoms with Crippen LogP contribution in [0.25, 0.3) is 0 Å². The van der Waals surface area contributed by atoms with Gasteiger partial charge in [-0.1, -0.05) is 54.1 Å². The molecule has 0 spiro atoms. The van der Waals surface area contributed by atoms with E-state index >= 15 is 0 Å². The smallest absolute Gasteiger partial charge is 0.349 e. The average Bonchev–Trinajstić information content (AvgIpc) is 3.00. The van der Waals surface area contributed by atoms with E-state index in [4.69, 9.17) is 41.0 Å². The second kappa shape index (κ2) is 12.8. The molecule has 8 nitrogen and oxygen atoms in total. The maximum absolute atomic E-state index is 12.6. The number of nitriles is 1. The molecule has 4 aromatic carbocycles. The highest BCUT2D eigenvalue weighted by atomic mass is 35.5. The van der Waals surface area contributed by atoms with E-state index in [2.05, 4.69) is 6.07 Å². The Labute approximate surface area is 254 Å². The molecule has 5 rings (SSSR count). The topological polar surface area (TPSA) is 113 Å². The summed E-state index contributed by atoms with van der Waals surface area (Å²) in [4.78, 5) is 12.6. The lowest BCUT2D eigenvalue weighted by molar-refractivity contribution is -0.136. The van der Waals surface area contributed by atoms with Crippen molar-refractivity contribution in [2.75, 3.05) is 13.7 Å². The number of nitrogens with two attached hydrogens (primary N) is 1. The van der Waals surface area contributed by atoms with Crippen molar-refractivity contribution in [2.45, 2.75) is 26.4 Å². The first kappa shape index (κ1) is 29.4. The minimum atomic E-state index is -0.577. The van der Waals surface area contributed by atoms with Crippen LogP contribution in [-0.4, -0.2) is 19.7 Å². The van der Waals surface area contributed by atoms with Gasteiger partial charge in [-0.3, -0.25) is 0 Å². The Morgan fingerprint density at radius 2 is 1.79 bits per heavy atom. The molecule has 0 aromatic heterocycles. The number of allylic oxidation sites excluding steroid dienone is 1. The third-order valence-electron chi connectivity index (χ3n) is 7.18. The number of hydrogen-bond donors (Lipinski definition) is 1. The Hall–Kier alpha value is -5.13. The van der Waals surface area contributed by atoms with Crippen LogP contribution < -0.4 is 29.4 Å². The molecular weight excluding hydrogens is 568 g/mol. The van der Waals surface area contributed by atoms with E-state index in [1.165, 1.54) is 0 Å². The lowest BCUT2D eigenvalue weighted by Gasteiger charge is -2.27. The van der Waals surface area contributed by atoms with E-state index in [-0.39, 0.29) is 30.4 Å². The number of benzene rings is 4. The molecule has 2 N–H and O–H groups in total. The highest BCUT2D eigenvalue weighted by Gasteiger charge is 2.32. The largest absolute Gasteiger partial charge is 0.493 e. The Kier molecular flexibility index (Phi) is 8.74. The SMILES string of the molecule is COc1cc(C2C(C#N)=C(N)Oc3cc(OC(=O)COc4cccc(C)c4C)ccc32)ccc1OCc1ccccc1Cl. The van der Waals surface area contributed by atoms with Crippen molar-refractivity contribution < 1.29 is 28.5 Å². The third-order valence-corrected chi connectivity index (χ3v) is 7.55. The zero-order chi connectivity index (χ0) is 30.5. The van der Waals surface area contributed by atoms with E-state index in [0.29, 0.717) is 33.6 Å². The predicted octanol–water partition coefficient (Wildman–Crippen LogP) is 6.75. The Balaban J connectivity index is 1.36. The zero-order valence-electron chi connectivity index (χ0n) is 23.8. The number of carbonyl (C=O) groups excluding carboxylic acids is 1. The molecule has 9 heteroatoms. The summed E-state index contributed by atoms with van der Waals surface area (Å²) < 4.78 is 28.6. The maximum Gasteiger partial charge on any atom is 0.349 e. The van der Waals surface area contributed by atoms with Gasteiger partial charge in [-0.2, -0.15) is 5.26 Å². The normalized spacial score (nSPS) is 13.8. The van der Waals surface area contributed by atoms with Gasteiger partial charge in [-0.05, 0) is 60.9 Å². The van der Waals surface area contributed by atoms with Crippen molar-refractivity contribution >= 4 is 17.6 Å². The molecule has 4 aromatic rings. The second-order valence-corrected chi connectivity index (χ2v) is 10.3. The standard InChI is InChI=1S/C34H29ClN2O6/c1-20-7-6-10-28(21(20)2)41-19-32(38)42-24-12-13-25-30(16-24)43-34(37)26(17-36)33(25)22-11-14-29(31(15-22)39-3)40-18-23-8-4-5-9-27(23)35/h4-16,33H,18-19,37H2,1-3H3. The molecule has 218 valence electrons. The molecule has 43 heavy (non-hydrogen) atoms. The average molecular weight is 597 g/mol. The summed E-state index contributed by atoms with van der Waals surface area (Å²) in [5, 5.41) is 10.6. The van der Waals surface area contributed by atoms with Crippen molar-refractivity contribution in [3.8, 4) is 34.8 Å². The van der Waals surface area contributed by atoms with E-state index < -0.39 is 11.9 Å². The molecule has 0 bridgehead atoms. The van der Waals surface area contributed by atoms with Gasteiger partial charge in [0.25, 0.3) is 0 Å². The van der Waals surface area contributed by atoms with Crippen LogP contribution in [0.3, 0.4) is 0 Å². The highest BCUT2D eigenvalue weighted by Crippen LogP contribution is 2.45. The summed E-state index contributed by atoms with van der Waals surface area (Å²) in [6.45, 7) is 3.88. The lowest BCUT2D eigenvalue weighted by atomic mass is 9.83. The molecule has 0 saturated heterocycles. The summed E-state index contributed by atoms with van der Waals surface area (Å²) in [7, 11) is 1.54. The minimum Gasteiger partial charge on any atom is -0.493 e. The Morgan fingerprint density at radius 3 is 2.56 bits per heavy atom. The monoisotopic (exact) mass is 596 g/mol. The first-order valence-corrected chi connectivity index (χ1v) is 13.8. The van der Waals surface area contributed by atoms with Crippen LogP contribution in [-0.2, 0) is 11.4 Å². The molecular formula is C34H29ClN2O6. The van der Waals surface area contributed by atoms with Crippen LogP contribution in [0.5, 0.6) is 28.7 Å². The predicted molar refractivity (Wildman–Crippen MR) is 162 cm³/mol. The van der Waals surface area contributed by atoms with Crippen molar-refractivity contribution in [1.29, 1.82) is 5.26 Å². The molecule has 0 aliphatic carbocycles. The number of halogens is 1. The minimum absolute atomic E-state index is 0.0419. The summed E-state index contributed by atoms with van der Waals surface area (Å²) in [5.41, 5.74) is 10.7. The van der Waals surface area contributed by atoms with Crippen LogP contribution in [0.4, 0.5) is 0 Å². The van der Waals surface area contributed by atoms with Gasteiger partial charge in [-0.25, -0.2) is 4.79 Å². The molecule has 0 amide bonds. The lowest BCUT2D eigenvalue weighted by Crippen LogP contribution is -2.22. The number of rotatable bonds is 9. The molecule has 1 heterocycles. The number of hydrogen-bond acceptors (Lipinski definition) is 8. The van der Waals surface area contributed by atoms with Crippen molar-refractivity contribution in [2.24, 2.45) is 5.73 Å². The van der Waals surface area contributed by atoms with Crippen LogP contribution in [0.1, 0.15) is 33.7 Å². The number of nitrogens with zero attached hydrogens (tertiary/aromatic N) is 1. The number of carbonyl (C=O) groups is 1. The molecule has 0 radical (unpaired) electrons. The summed E-state index contributed by atoms with van der Waals surface area (Å²) >= 11 is 6.27.